The monoisotopic (exact) mass is 364 g/mol. The molecule has 3 heterocycles. The molecule has 3 aromatic rings. The Hall–Kier alpha value is -3.29. The van der Waals surface area contributed by atoms with Gasteiger partial charge in [-0.15, -0.1) is 0 Å². The third kappa shape index (κ3) is 4.28. The molecule has 0 radical (unpaired) electrons. The summed E-state index contributed by atoms with van der Waals surface area (Å²) in [5.41, 5.74) is 2.13. The van der Waals surface area contributed by atoms with Gasteiger partial charge in [-0.3, -0.25) is 15.4 Å². The van der Waals surface area contributed by atoms with E-state index in [0.717, 1.165) is 17.5 Å². The van der Waals surface area contributed by atoms with Crippen LogP contribution in [0.5, 0.6) is 0 Å². The molecule has 0 aromatic carbocycles. The molecule has 8 heteroatoms. The summed E-state index contributed by atoms with van der Waals surface area (Å²) in [7, 11) is 1.80. The normalized spacial score (nSPS) is 12.0. The van der Waals surface area contributed by atoms with Crippen molar-refractivity contribution in [1.82, 2.24) is 24.3 Å². The number of nitrogens with zero attached hydrogens (tertiary/aromatic N) is 5. The second kappa shape index (κ2) is 7.94. The summed E-state index contributed by atoms with van der Waals surface area (Å²) in [4.78, 5) is 8.45. The number of rotatable bonds is 6. The maximum absolute atomic E-state index is 8.30. The highest BCUT2D eigenvalue weighted by Gasteiger charge is 2.09. The zero-order valence-corrected chi connectivity index (χ0v) is 15.8. The van der Waals surface area contributed by atoms with Gasteiger partial charge in [-0.2, -0.15) is 10.1 Å². The third-order valence-electron chi connectivity index (χ3n) is 4.53. The van der Waals surface area contributed by atoms with Crippen LogP contribution in [0.4, 0.5) is 11.8 Å². The van der Waals surface area contributed by atoms with Crippen molar-refractivity contribution in [1.29, 1.82) is 10.8 Å². The number of nitrogens with one attached hydrogen (secondary N) is 3. The topological polar surface area (TPSA) is 108 Å². The first-order valence-electron chi connectivity index (χ1n) is 8.90. The van der Waals surface area contributed by atoms with Gasteiger partial charge in [0.25, 0.3) is 0 Å². The lowest BCUT2D eigenvalue weighted by Gasteiger charge is -2.13. The van der Waals surface area contributed by atoms with Gasteiger partial charge in [0.2, 0.25) is 5.95 Å². The fourth-order valence-electron chi connectivity index (χ4n) is 2.69. The van der Waals surface area contributed by atoms with Gasteiger partial charge in [-0.05, 0) is 41.3 Å². The van der Waals surface area contributed by atoms with Crippen LogP contribution in [0.15, 0.2) is 43.0 Å². The Morgan fingerprint density at radius 1 is 1.22 bits per heavy atom. The maximum Gasteiger partial charge on any atom is 0.226 e. The Morgan fingerprint density at radius 3 is 2.67 bits per heavy atom. The molecular formula is C19H24N8. The van der Waals surface area contributed by atoms with E-state index in [-0.39, 0.29) is 0 Å². The first-order valence-corrected chi connectivity index (χ1v) is 8.90. The molecule has 8 nitrogen and oxygen atoms in total. The van der Waals surface area contributed by atoms with E-state index in [0.29, 0.717) is 35.4 Å². The average molecular weight is 364 g/mol. The quantitative estimate of drug-likeness (QED) is 0.461. The second-order valence-electron chi connectivity index (χ2n) is 6.60. The van der Waals surface area contributed by atoms with Gasteiger partial charge < -0.3 is 5.32 Å². The summed E-state index contributed by atoms with van der Waals surface area (Å²) < 4.78 is 3.25. The molecule has 0 aliphatic heterocycles. The summed E-state index contributed by atoms with van der Waals surface area (Å²) in [6.07, 6.45) is 6.66. The lowest BCUT2D eigenvalue weighted by molar-refractivity contribution is 0.577. The molecule has 0 fully saturated rings. The van der Waals surface area contributed by atoms with E-state index in [4.69, 9.17) is 10.8 Å². The summed E-state index contributed by atoms with van der Waals surface area (Å²) in [6.45, 7) is 4.24. The molecule has 3 N–H and O–H groups in total. The first-order chi connectivity index (χ1) is 13.0. The van der Waals surface area contributed by atoms with Gasteiger partial charge in [0.15, 0.2) is 0 Å². The van der Waals surface area contributed by atoms with E-state index in [1.54, 1.807) is 34.8 Å². The maximum atomic E-state index is 8.30. The molecule has 0 saturated heterocycles. The summed E-state index contributed by atoms with van der Waals surface area (Å²) >= 11 is 0. The number of hydrogen-bond acceptors (Lipinski definition) is 6. The SMILES string of the molecule is CCC(C)CC(=N)n1ccc(-c2ccnc(Nc3ncnn3C)c2)cc1=N. The van der Waals surface area contributed by atoms with Crippen LogP contribution in [0.2, 0.25) is 0 Å². The Bertz CT molecular complexity index is 1000. The minimum Gasteiger partial charge on any atom is -0.309 e. The Morgan fingerprint density at radius 2 is 2.00 bits per heavy atom. The second-order valence-corrected chi connectivity index (χ2v) is 6.60. The summed E-state index contributed by atoms with van der Waals surface area (Å²) in [5, 5.41) is 23.7. The van der Waals surface area contributed by atoms with Crippen molar-refractivity contribution >= 4 is 17.6 Å². The molecule has 0 bridgehead atoms. The van der Waals surface area contributed by atoms with Crippen molar-refractivity contribution < 1.29 is 0 Å². The van der Waals surface area contributed by atoms with Crippen LogP contribution in [0, 0.1) is 16.7 Å². The number of hydrogen-bond donors (Lipinski definition) is 3. The minimum atomic E-state index is 0.292. The zero-order valence-electron chi connectivity index (χ0n) is 15.8. The number of aromatic nitrogens is 5. The Kier molecular flexibility index (Phi) is 5.44. The molecule has 0 saturated carbocycles. The molecule has 3 aromatic heterocycles. The van der Waals surface area contributed by atoms with Crippen molar-refractivity contribution in [3.05, 3.63) is 48.5 Å². The van der Waals surface area contributed by atoms with Gasteiger partial charge in [-0.1, -0.05) is 20.3 Å². The lowest BCUT2D eigenvalue weighted by atomic mass is 10.0. The van der Waals surface area contributed by atoms with Crippen LogP contribution in [0.1, 0.15) is 26.7 Å². The third-order valence-corrected chi connectivity index (χ3v) is 4.53. The van der Waals surface area contributed by atoms with Crippen molar-refractivity contribution in [2.75, 3.05) is 5.32 Å². The molecular weight excluding hydrogens is 340 g/mol. The fraction of sp³-hybridized carbons (Fsp3) is 0.316. The van der Waals surface area contributed by atoms with Crippen LogP contribution in [-0.2, 0) is 7.05 Å². The van der Waals surface area contributed by atoms with Crippen molar-refractivity contribution in [2.24, 2.45) is 13.0 Å². The van der Waals surface area contributed by atoms with Gasteiger partial charge in [0.1, 0.15) is 23.5 Å². The van der Waals surface area contributed by atoms with Gasteiger partial charge in [0.05, 0.1) is 0 Å². The van der Waals surface area contributed by atoms with Crippen LogP contribution in [-0.4, -0.2) is 30.2 Å². The summed E-state index contributed by atoms with van der Waals surface area (Å²) in [6, 6.07) is 7.49. The van der Waals surface area contributed by atoms with Gasteiger partial charge in [-0.25, -0.2) is 9.67 Å². The lowest BCUT2D eigenvalue weighted by Crippen LogP contribution is -2.26. The molecule has 27 heavy (non-hydrogen) atoms. The Balaban J connectivity index is 1.84. The Labute approximate surface area is 157 Å². The van der Waals surface area contributed by atoms with E-state index in [1.807, 2.05) is 18.2 Å². The van der Waals surface area contributed by atoms with E-state index < -0.39 is 0 Å². The van der Waals surface area contributed by atoms with Crippen LogP contribution in [0.3, 0.4) is 0 Å². The van der Waals surface area contributed by atoms with E-state index in [2.05, 4.69) is 34.2 Å². The molecule has 0 aliphatic rings. The predicted octanol–water partition coefficient (Wildman–Crippen LogP) is 3.16. The summed E-state index contributed by atoms with van der Waals surface area (Å²) in [5.74, 6) is 2.13. The average Bonchev–Trinajstić information content (AvgIpc) is 3.06. The highest BCUT2D eigenvalue weighted by Crippen LogP contribution is 2.21. The van der Waals surface area contributed by atoms with Crippen LogP contribution in [0.25, 0.3) is 11.1 Å². The molecule has 3 rings (SSSR count). The predicted molar refractivity (Wildman–Crippen MR) is 105 cm³/mol. The van der Waals surface area contributed by atoms with Crippen molar-refractivity contribution in [2.45, 2.75) is 26.7 Å². The fourth-order valence-corrected chi connectivity index (χ4v) is 2.69. The highest BCUT2D eigenvalue weighted by molar-refractivity contribution is 5.82. The molecule has 0 amide bonds. The number of pyridine rings is 2. The minimum absolute atomic E-state index is 0.292. The van der Waals surface area contributed by atoms with E-state index in [9.17, 15) is 0 Å². The van der Waals surface area contributed by atoms with Gasteiger partial charge >= 0.3 is 0 Å². The molecule has 140 valence electrons. The molecule has 1 unspecified atom stereocenters. The molecule has 0 spiro atoms. The highest BCUT2D eigenvalue weighted by atomic mass is 15.4. The number of anilines is 2. The smallest absolute Gasteiger partial charge is 0.226 e. The van der Waals surface area contributed by atoms with Crippen molar-refractivity contribution in [3.8, 4) is 11.1 Å². The van der Waals surface area contributed by atoms with Crippen LogP contribution >= 0.6 is 0 Å². The van der Waals surface area contributed by atoms with E-state index >= 15 is 0 Å². The standard InChI is InChI=1S/C19H24N8/c1-4-13(2)9-16(20)27-8-6-15(10-17(27)21)14-5-7-22-18(11-14)25-19-23-12-24-26(19)3/h5-8,10-13,20-21H,4,9H2,1-3H3,(H,22,23,24,25). The van der Waals surface area contributed by atoms with Gasteiger partial charge in [0, 0.05) is 25.9 Å². The zero-order chi connectivity index (χ0) is 19.4. The van der Waals surface area contributed by atoms with Crippen LogP contribution < -0.4 is 10.8 Å². The van der Waals surface area contributed by atoms with Crippen molar-refractivity contribution in [3.63, 3.8) is 0 Å². The molecule has 1 atom stereocenters. The first kappa shape index (κ1) is 18.5. The molecule has 0 aliphatic carbocycles. The number of aryl methyl sites for hydroxylation is 1. The van der Waals surface area contributed by atoms with E-state index in [1.165, 1.54) is 6.33 Å². The largest absolute Gasteiger partial charge is 0.309 e.